The molecule has 1 atom stereocenters. The fourth-order valence-electron chi connectivity index (χ4n) is 1.15. The predicted molar refractivity (Wildman–Crippen MR) is 58.6 cm³/mol. The van der Waals surface area contributed by atoms with Crippen molar-refractivity contribution in [2.24, 2.45) is 0 Å². The van der Waals surface area contributed by atoms with Crippen LogP contribution in [0.15, 0.2) is 18.2 Å². The molecule has 0 bridgehead atoms. The molecule has 0 heterocycles. The van der Waals surface area contributed by atoms with Crippen LogP contribution in [0.4, 0.5) is 5.69 Å². The molecule has 1 aromatic carbocycles. The number of ketones is 1. The number of nitro groups is 1. The van der Waals surface area contributed by atoms with Crippen molar-refractivity contribution in [2.75, 3.05) is 0 Å². The summed E-state index contributed by atoms with van der Waals surface area (Å²) in [6.45, 7) is 4.78. The van der Waals surface area contributed by atoms with Crippen LogP contribution in [0.2, 0.25) is 0 Å². The lowest BCUT2D eigenvalue weighted by atomic mass is 10.2. The summed E-state index contributed by atoms with van der Waals surface area (Å²) in [4.78, 5) is 21.0. The molecule has 0 aliphatic carbocycles. The Morgan fingerprint density at radius 1 is 1.50 bits per heavy atom. The molecule has 1 unspecified atom stereocenters. The molecule has 0 amide bonds. The number of carbonyl (C=O) groups is 1. The van der Waals surface area contributed by atoms with E-state index in [4.69, 9.17) is 4.74 Å². The lowest BCUT2D eigenvalue weighted by molar-refractivity contribution is -0.384. The Morgan fingerprint density at radius 2 is 2.12 bits per heavy atom. The standard InChI is InChI=1S/C11H13NO4/c1-7-6-10(12(14)15)4-5-11(7)16-9(3)8(2)13/h4-6,9H,1-3H3. The SMILES string of the molecule is CC(=O)C(C)Oc1ccc([N+](=O)[O-])cc1C. The van der Waals surface area contributed by atoms with Crippen LogP contribution in [0.3, 0.4) is 0 Å². The Balaban J connectivity index is 2.91. The molecule has 5 nitrogen and oxygen atoms in total. The maximum absolute atomic E-state index is 11.0. The smallest absolute Gasteiger partial charge is 0.269 e. The van der Waals surface area contributed by atoms with E-state index < -0.39 is 11.0 Å². The molecule has 1 aromatic rings. The van der Waals surface area contributed by atoms with Gasteiger partial charge in [-0.15, -0.1) is 0 Å². The summed E-state index contributed by atoms with van der Waals surface area (Å²) in [5, 5.41) is 10.5. The molecule has 0 saturated heterocycles. The maximum atomic E-state index is 11.0. The van der Waals surface area contributed by atoms with Crippen LogP contribution in [0, 0.1) is 17.0 Å². The number of Topliss-reactive ketones (excluding diaryl/α,β-unsaturated/α-hetero) is 1. The van der Waals surface area contributed by atoms with Crippen molar-refractivity contribution in [3.63, 3.8) is 0 Å². The van der Waals surface area contributed by atoms with Crippen molar-refractivity contribution in [3.05, 3.63) is 33.9 Å². The Hall–Kier alpha value is -1.91. The van der Waals surface area contributed by atoms with Gasteiger partial charge in [0.1, 0.15) is 5.75 Å². The van der Waals surface area contributed by atoms with E-state index in [1.54, 1.807) is 13.8 Å². The minimum Gasteiger partial charge on any atom is -0.483 e. The van der Waals surface area contributed by atoms with E-state index in [9.17, 15) is 14.9 Å². The molecule has 0 saturated carbocycles. The second kappa shape index (κ2) is 4.74. The van der Waals surface area contributed by atoms with Crippen molar-refractivity contribution in [1.29, 1.82) is 0 Å². The topological polar surface area (TPSA) is 69.4 Å². The molecule has 5 heteroatoms. The average molecular weight is 223 g/mol. The molecule has 16 heavy (non-hydrogen) atoms. The fraction of sp³-hybridized carbons (Fsp3) is 0.364. The molecule has 0 radical (unpaired) electrons. The van der Waals surface area contributed by atoms with Crippen molar-refractivity contribution in [3.8, 4) is 5.75 Å². The minimum absolute atomic E-state index is 0.0142. The zero-order chi connectivity index (χ0) is 12.3. The number of ether oxygens (including phenoxy) is 1. The van der Waals surface area contributed by atoms with E-state index in [0.717, 1.165) is 0 Å². The van der Waals surface area contributed by atoms with Crippen LogP contribution >= 0.6 is 0 Å². The molecular weight excluding hydrogens is 210 g/mol. The van der Waals surface area contributed by atoms with E-state index in [1.807, 2.05) is 0 Å². The van der Waals surface area contributed by atoms with E-state index in [-0.39, 0.29) is 11.5 Å². The zero-order valence-corrected chi connectivity index (χ0v) is 9.39. The summed E-state index contributed by atoms with van der Waals surface area (Å²) >= 11 is 0. The predicted octanol–water partition coefficient (Wildman–Crippen LogP) is 2.26. The normalized spacial score (nSPS) is 11.9. The highest BCUT2D eigenvalue weighted by Gasteiger charge is 2.13. The Labute approximate surface area is 93.2 Å². The first-order valence-corrected chi connectivity index (χ1v) is 4.84. The molecule has 0 spiro atoms. The van der Waals surface area contributed by atoms with Crippen molar-refractivity contribution < 1.29 is 14.5 Å². The molecular formula is C11H13NO4. The quantitative estimate of drug-likeness (QED) is 0.579. The van der Waals surface area contributed by atoms with Crippen LogP contribution in [0.5, 0.6) is 5.75 Å². The van der Waals surface area contributed by atoms with Crippen LogP contribution in [0.25, 0.3) is 0 Å². The molecule has 0 fully saturated rings. The highest BCUT2D eigenvalue weighted by molar-refractivity contribution is 5.80. The number of aryl methyl sites for hydroxylation is 1. The number of non-ortho nitro benzene ring substituents is 1. The molecule has 0 aromatic heterocycles. The number of rotatable bonds is 4. The third kappa shape index (κ3) is 2.79. The molecule has 0 N–H and O–H groups in total. The summed E-state index contributed by atoms with van der Waals surface area (Å²) in [7, 11) is 0. The number of nitrogens with zero attached hydrogens (tertiary/aromatic N) is 1. The van der Waals surface area contributed by atoms with Crippen LogP contribution in [0.1, 0.15) is 19.4 Å². The van der Waals surface area contributed by atoms with Gasteiger partial charge in [-0.05, 0) is 32.4 Å². The average Bonchev–Trinajstić information content (AvgIpc) is 2.20. The van der Waals surface area contributed by atoms with E-state index >= 15 is 0 Å². The van der Waals surface area contributed by atoms with Crippen molar-refractivity contribution >= 4 is 11.5 Å². The number of hydrogen-bond acceptors (Lipinski definition) is 4. The molecule has 0 aliphatic heterocycles. The Bertz CT molecular complexity index is 428. The van der Waals surface area contributed by atoms with E-state index in [1.165, 1.54) is 25.1 Å². The van der Waals surface area contributed by atoms with Gasteiger partial charge < -0.3 is 4.74 Å². The highest BCUT2D eigenvalue weighted by Crippen LogP contribution is 2.24. The van der Waals surface area contributed by atoms with Crippen LogP contribution in [-0.2, 0) is 4.79 Å². The van der Waals surface area contributed by atoms with E-state index in [0.29, 0.717) is 11.3 Å². The highest BCUT2D eigenvalue weighted by atomic mass is 16.6. The van der Waals surface area contributed by atoms with Crippen LogP contribution in [-0.4, -0.2) is 16.8 Å². The second-order valence-corrected chi connectivity index (χ2v) is 3.58. The fourth-order valence-corrected chi connectivity index (χ4v) is 1.15. The first-order valence-electron chi connectivity index (χ1n) is 4.84. The third-order valence-electron chi connectivity index (χ3n) is 2.25. The van der Waals surface area contributed by atoms with Gasteiger partial charge in [0.05, 0.1) is 4.92 Å². The number of benzene rings is 1. The zero-order valence-electron chi connectivity index (χ0n) is 9.39. The van der Waals surface area contributed by atoms with Gasteiger partial charge in [0, 0.05) is 12.1 Å². The maximum Gasteiger partial charge on any atom is 0.269 e. The lowest BCUT2D eigenvalue weighted by Gasteiger charge is -2.13. The first-order chi connectivity index (χ1) is 7.41. The van der Waals surface area contributed by atoms with Gasteiger partial charge in [0.15, 0.2) is 11.9 Å². The van der Waals surface area contributed by atoms with Crippen molar-refractivity contribution in [1.82, 2.24) is 0 Å². The summed E-state index contributed by atoms with van der Waals surface area (Å²) < 4.78 is 5.37. The van der Waals surface area contributed by atoms with E-state index in [2.05, 4.69) is 0 Å². The van der Waals surface area contributed by atoms with Gasteiger partial charge in [-0.25, -0.2) is 0 Å². The van der Waals surface area contributed by atoms with Gasteiger partial charge in [0.25, 0.3) is 5.69 Å². The molecule has 86 valence electrons. The monoisotopic (exact) mass is 223 g/mol. The van der Waals surface area contributed by atoms with Gasteiger partial charge in [-0.1, -0.05) is 0 Å². The van der Waals surface area contributed by atoms with Crippen molar-refractivity contribution in [2.45, 2.75) is 26.9 Å². The van der Waals surface area contributed by atoms with Gasteiger partial charge in [-0.3, -0.25) is 14.9 Å². The summed E-state index contributed by atoms with van der Waals surface area (Å²) in [5.41, 5.74) is 0.655. The second-order valence-electron chi connectivity index (χ2n) is 3.58. The van der Waals surface area contributed by atoms with Gasteiger partial charge >= 0.3 is 0 Å². The summed E-state index contributed by atoms with van der Waals surface area (Å²) in [5.74, 6) is 0.408. The van der Waals surface area contributed by atoms with Gasteiger partial charge in [-0.2, -0.15) is 0 Å². The number of carbonyl (C=O) groups excluding carboxylic acids is 1. The summed E-state index contributed by atoms with van der Waals surface area (Å²) in [6.07, 6.45) is -0.542. The Morgan fingerprint density at radius 3 is 2.56 bits per heavy atom. The largest absolute Gasteiger partial charge is 0.483 e. The Kier molecular flexibility index (Phi) is 3.60. The lowest BCUT2D eigenvalue weighted by Crippen LogP contribution is -2.21. The first kappa shape index (κ1) is 12.2. The van der Waals surface area contributed by atoms with Gasteiger partial charge in [0.2, 0.25) is 0 Å². The number of nitro benzene ring substituents is 1. The summed E-state index contributed by atoms with van der Waals surface area (Å²) in [6, 6.07) is 4.28. The number of hydrogen-bond donors (Lipinski definition) is 0. The third-order valence-corrected chi connectivity index (χ3v) is 2.25. The molecule has 0 aliphatic rings. The van der Waals surface area contributed by atoms with Crippen LogP contribution < -0.4 is 4.74 Å². The molecule has 1 rings (SSSR count). The minimum atomic E-state index is -0.542.